The number of carbonyl (C=O) groups is 1. The fourth-order valence-electron chi connectivity index (χ4n) is 2.47. The summed E-state index contributed by atoms with van der Waals surface area (Å²) in [4.78, 5) is 14.1. The second-order valence-electron chi connectivity index (χ2n) is 5.15. The van der Waals surface area contributed by atoms with Crippen molar-refractivity contribution in [1.29, 1.82) is 0 Å². The van der Waals surface area contributed by atoms with Gasteiger partial charge in [0.1, 0.15) is 9.97 Å². The number of furan rings is 1. The molecule has 9 heteroatoms. The number of nitrogens with zero attached hydrogens (tertiary/aromatic N) is 2. The number of thiophene rings is 1. The Morgan fingerprint density at radius 2 is 1.91 bits per heavy atom. The Morgan fingerprint density at radius 1 is 1.22 bits per heavy atom. The Bertz CT molecular complexity index is 819. The van der Waals surface area contributed by atoms with Crippen molar-refractivity contribution in [3.63, 3.8) is 0 Å². The predicted molar refractivity (Wildman–Crippen MR) is 90.1 cm³/mol. The van der Waals surface area contributed by atoms with Crippen LogP contribution < -0.4 is 0 Å². The van der Waals surface area contributed by atoms with Crippen molar-refractivity contribution < 1.29 is 17.6 Å². The summed E-state index contributed by atoms with van der Waals surface area (Å²) in [5.74, 6) is 0.459. The molecule has 0 saturated carbocycles. The predicted octanol–water partition coefficient (Wildman–Crippen LogP) is 2.56. The molecule has 3 heterocycles. The van der Waals surface area contributed by atoms with E-state index in [1.54, 1.807) is 30.0 Å². The van der Waals surface area contributed by atoms with Gasteiger partial charge < -0.3 is 9.32 Å². The zero-order valence-electron chi connectivity index (χ0n) is 12.4. The molecule has 0 atom stereocenters. The van der Waals surface area contributed by atoms with E-state index in [4.69, 9.17) is 4.42 Å². The maximum Gasteiger partial charge on any atom is 0.257 e. The van der Waals surface area contributed by atoms with Gasteiger partial charge in [-0.15, -0.1) is 11.3 Å². The number of carbonyl (C=O) groups excluding carboxylic acids is 1. The molecule has 23 heavy (non-hydrogen) atoms. The largest absolute Gasteiger partial charge is 0.469 e. The van der Waals surface area contributed by atoms with Gasteiger partial charge in [0.05, 0.1) is 15.6 Å². The van der Waals surface area contributed by atoms with Crippen LogP contribution in [0.5, 0.6) is 0 Å². The highest BCUT2D eigenvalue weighted by Crippen LogP contribution is 2.29. The summed E-state index contributed by atoms with van der Waals surface area (Å²) >= 11 is 4.47. The SMILES string of the molecule is Cc1occc1C(=O)N1CCN(S(=O)(=O)c2ccc(Br)s2)CC1. The first-order chi connectivity index (χ1) is 10.9. The average Bonchev–Trinajstić information content (AvgIpc) is 3.15. The van der Waals surface area contributed by atoms with Crippen LogP contribution in [-0.2, 0) is 10.0 Å². The number of piperazine rings is 1. The van der Waals surface area contributed by atoms with Gasteiger partial charge in [0.25, 0.3) is 15.9 Å². The molecular formula is C14H15BrN2O4S2. The Kier molecular flexibility index (Phi) is 4.63. The van der Waals surface area contributed by atoms with Gasteiger partial charge >= 0.3 is 0 Å². The maximum absolute atomic E-state index is 12.6. The fourth-order valence-corrected chi connectivity index (χ4v) is 6.06. The summed E-state index contributed by atoms with van der Waals surface area (Å²) in [5, 5.41) is 0. The van der Waals surface area contributed by atoms with Crippen molar-refractivity contribution in [3.8, 4) is 0 Å². The van der Waals surface area contributed by atoms with Gasteiger partial charge in [-0.25, -0.2) is 8.42 Å². The molecule has 1 aliphatic heterocycles. The zero-order chi connectivity index (χ0) is 16.6. The summed E-state index contributed by atoms with van der Waals surface area (Å²) < 4.78 is 32.8. The van der Waals surface area contributed by atoms with Gasteiger partial charge in [-0.2, -0.15) is 4.31 Å². The monoisotopic (exact) mass is 418 g/mol. The number of halogens is 1. The average molecular weight is 419 g/mol. The van der Waals surface area contributed by atoms with Crippen LogP contribution in [0.3, 0.4) is 0 Å². The van der Waals surface area contributed by atoms with E-state index in [9.17, 15) is 13.2 Å². The lowest BCUT2D eigenvalue weighted by Gasteiger charge is -2.33. The molecule has 2 aromatic rings. The summed E-state index contributed by atoms with van der Waals surface area (Å²) in [6.07, 6.45) is 1.48. The van der Waals surface area contributed by atoms with Gasteiger partial charge in [0.2, 0.25) is 0 Å². The topological polar surface area (TPSA) is 70.8 Å². The minimum Gasteiger partial charge on any atom is -0.469 e. The Hall–Kier alpha value is -1.16. The molecule has 0 unspecified atom stereocenters. The van der Waals surface area contributed by atoms with Gasteiger partial charge in [-0.1, -0.05) is 0 Å². The summed E-state index contributed by atoms with van der Waals surface area (Å²) in [7, 11) is -3.49. The van der Waals surface area contributed by atoms with E-state index in [-0.39, 0.29) is 5.91 Å². The van der Waals surface area contributed by atoms with Gasteiger partial charge in [-0.05, 0) is 41.1 Å². The van der Waals surface area contributed by atoms with E-state index in [2.05, 4.69) is 15.9 Å². The second-order valence-corrected chi connectivity index (χ2v) is 9.77. The van der Waals surface area contributed by atoms with Crippen LogP contribution in [0.1, 0.15) is 16.1 Å². The molecule has 0 radical (unpaired) electrons. The van der Waals surface area contributed by atoms with E-state index in [0.29, 0.717) is 41.7 Å². The number of aryl methyl sites for hydroxylation is 1. The lowest BCUT2D eigenvalue weighted by Crippen LogP contribution is -2.50. The van der Waals surface area contributed by atoms with E-state index >= 15 is 0 Å². The van der Waals surface area contributed by atoms with Crippen molar-refractivity contribution in [2.75, 3.05) is 26.2 Å². The molecule has 2 aromatic heterocycles. The molecule has 124 valence electrons. The number of rotatable bonds is 3. The molecule has 0 spiro atoms. The molecule has 0 aromatic carbocycles. The molecule has 1 saturated heterocycles. The van der Waals surface area contributed by atoms with Crippen LogP contribution in [-0.4, -0.2) is 49.7 Å². The van der Waals surface area contributed by atoms with Crippen LogP contribution in [0.2, 0.25) is 0 Å². The van der Waals surface area contributed by atoms with Crippen molar-refractivity contribution >= 4 is 43.2 Å². The minimum absolute atomic E-state index is 0.118. The quantitative estimate of drug-likeness (QED) is 0.767. The molecular weight excluding hydrogens is 404 g/mol. The molecule has 1 aliphatic rings. The van der Waals surface area contributed by atoms with E-state index < -0.39 is 10.0 Å². The summed E-state index contributed by atoms with van der Waals surface area (Å²) in [6, 6.07) is 4.96. The van der Waals surface area contributed by atoms with Crippen LogP contribution in [0.4, 0.5) is 0 Å². The molecule has 1 fully saturated rings. The first kappa shape index (κ1) is 16.7. The first-order valence-electron chi connectivity index (χ1n) is 6.98. The normalized spacial score (nSPS) is 16.7. The first-order valence-corrected chi connectivity index (χ1v) is 10.0. The van der Waals surface area contributed by atoms with Crippen LogP contribution in [0, 0.1) is 6.92 Å². The Labute approximate surface area is 146 Å². The van der Waals surface area contributed by atoms with Crippen molar-refractivity contribution in [2.45, 2.75) is 11.1 Å². The Morgan fingerprint density at radius 3 is 2.43 bits per heavy atom. The smallest absolute Gasteiger partial charge is 0.257 e. The number of amides is 1. The van der Waals surface area contributed by atoms with E-state index in [1.165, 1.54) is 21.9 Å². The fraction of sp³-hybridized carbons (Fsp3) is 0.357. The third-order valence-electron chi connectivity index (χ3n) is 3.76. The summed E-state index contributed by atoms with van der Waals surface area (Å²) in [6.45, 7) is 3.06. The van der Waals surface area contributed by atoms with E-state index in [0.717, 1.165) is 3.79 Å². The highest BCUT2D eigenvalue weighted by atomic mass is 79.9. The van der Waals surface area contributed by atoms with Crippen LogP contribution >= 0.6 is 27.3 Å². The lowest BCUT2D eigenvalue weighted by atomic mass is 10.2. The van der Waals surface area contributed by atoms with Crippen molar-refractivity contribution in [2.24, 2.45) is 0 Å². The number of hydrogen-bond donors (Lipinski definition) is 0. The van der Waals surface area contributed by atoms with Crippen LogP contribution in [0.25, 0.3) is 0 Å². The molecule has 1 amide bonds. The third-order valence-corrected chi connectivity index (χ3v) is 7.75. The molecule has 0 bridgehead atoms. The minimum atomic E-state index is -3.49. The zero-order valence-corrected chi connectivity index (χ0v) is 15.6. The summed E-state index contributed by atoms with van der Waals surface area (Å²) in [5.41, 5.74) is 0.531. The third kappa shape index (κ3) is 3.23. The maximum atomic E-state index is 12.6. The number of sulfonamides is 1. The van der Waals surface area contributed by atoms with Gasteiger partial charge in [0.15, 0.2) is 0 Å². The molecule has 0 N–H and O–H groups in total. The lowest BCUT2D eigenvalue weighted by molar-refractivity contribution is 0.0696. The van der Waals surface area contributed by atoms with Gasteiger partial charge in [0, 0.05) is 26.2 Å². The van der Waals surface area contributed by atoms with Crippen LogP contribution in [0.15, 0.2) is 36.9 Å². The molecule has 6 nitrogen and oxygen atoms in total. The number of hydrogen-bond acceptors (Lipinski definition) is 5. The highest BCUT2D eigenvalue weighted by molar-refractivity contribution is 9.11. The van der Waals surface area contributed by atoms with Gasteiger partial charge in [-0.3, -0.25) is 4.79 Å². The van der Waals surface area contributed by atoms with E-state index in [1.807, 2.05) is 0 Å². The van der Waals surface area contributed by atoms with Crippen molar-refractivity contribution in [3.05, 3.63) is 39.6 Å². The highest BCUT2D eigenvalue weighted by Gasteiger charge is 2.31. The second kappa shape index (κ2) is 6.39. The molecule has 0 aliphatic carbocycles. The standard InChI is InChI=1S/C14H15BrN2O4S2/c1-10-11(4-9-21-10)14(18)16-5-7-17(8-6-16)23(19,20)13-3-2-12(15)22-13/h2-4,9H,5-8H2,1H3. The van der Waals surface area contributed by atoms with Crippen molar-refractivity contribution in [1.82, 2.24) is 9.21 Å². The Balaban J connectivity index is 1.69. The molecule has 3 rings (SSSR count).